The zero-order chi connectivity index (χ0) is 10.2. The van der Waals surface area contributed by atoms with E-state index in [1.165, 1.54) is 13.8 Å². The second-order valence-corrected chi connectivity index (χ2v) is 3.68. The summed E-state index contributed by atoms with van der Waals surface area (Å²) in [4.78, 5) is 43.8. The highest BCUT2D eigenvalue weighted by atomic mass is 16.2. The Bertz CT molecular complexity index is 262. The van der Waals surface area contributed by atoms with Gasteiger partial charge in [-0.2, -0.15) is 0 Å². The Morgan fingerprint density at radius 3 is 1.54 bits per heavy atom. The zero-order valence-electron chi connectivity index (χ0n) is 7.44. The van der Waals surface area contributed by atoms with Gasteiger partial charge in [-0.3, -0.25) is 9.59 Å². The predicted molar refractivity (Wildman–Crippen MR) is 42.9 cm³/mol. The molecule has 0 bridgehead atoms. The van der Waals surface area contributed by atoms with Gasteiger partial charge < -0.3 is 9.59 Å². The smallest absolute Gasteiger partial charge is 0.157 e. The first-order chi connectivity index (χ1) is 5.96. The van der Waals surface area contributed by atoms with Gasteiger partial charge >= 0.3 is 0 Å². The van der Waals surface area contributed by atoms with Crippen molar-refractivity contribution in [3.63, 3.8) is 0 Å². The maximum Gasteiger partial charge on any atom is 0.157 e. The van der Waals surface area contributed by atoms with Gasteiger partial charge in [-0.15, -0.1) is 0 Å². The highest BCUT2D eigenvalue weighted by Crippen LogP contribution is 2.36. The Hall–Kier alpha value is -1.32. The molecule has 1 aliphatic rings. The number of rotatable bonds is 2. The molecule has 1 saturated carbocycles. The van der Waals surface area contributed by atoms with E-state index in [9.17, 15) is 19.2 Å². The van der Waals surface area contributed by atoms with Gasteiger partial charge in [0.1, 0.15) is 12.6 Å². The zero-order valence-corrected chi connectivity index (χ0v) is 7.44. The Morgan fingerprint density at radius 1 is 1.00 bits per heavy atom. The van der Waals surface area contributed by atoms with Gasteiger partial charge in [0.15, 0.2) is 11.6 Å². The standard InChI is InChI=1S/C9H10O4/c1-9(2)7(12)5(3-10)6(4-11)8(9)13/h3-6H,1-2H3. The molecule has 0 spiro atoms. The average molecular weight is 182 g/mol. The van der Waals surface area contributed by atoms with E-state index in [0.717, 1.165) is 0 Å². The van der Waals surface area contributed by atoms with E-state index < -0.39 is 28.8 Å². The number of ketones is 2. The van der Waals surface area contributed by atoms with Crippen LogP contribution in [0.1, 0.15) is 13.8 Å². The number of aldehydes is 2. The lowest BCUT2D eigenvalue weighted by Gasteiger charge is -2.11. The van der Waals surface area contributed by atoms with Gasteiger partial charge in [0.25, 0.3) is 0 Å². The summed E-state index contributed by atoms with van der Waals surface area (Å²) in [5.74, 6) is -3.05. The van der Waals surface area contributed by atoms with Crippen molar-refractivity contribution in [3.05, 3.63) is 0 Å². The van der Waals surface area contributed by atoms with E-state index in [1.807, 2.05) is 0 Å². The van der Waals surface area contributed by atoms with Crippen molar-refractivity contribution in [2.24, 2.45) is 17.3 Å². The summed E-state index contributed by atoms with van der Waals surface area (Å²) < 4.78 is 0. The third kappa shape index (κ3) is 1.13. The van der Waals surface area contributed by atoms with E-state index in [4.69, 9.17) is 0 Å². The fourth-order valence-corrected chi connectivity index (χ4v) is 1.57. The van der Waals surface area contributed by atoms with E-state index in [0.29, 0.717) is 12.6 Å². The third-order valence-corrected chi connectivity index (χ3v) is 2.52. The summed E-state index contributed by atoms with van der Waals surface area (Å²) in [5.41, 5.74) is -1.18. The first-order valence-corrected chi connectivity index (χ1v) is 3.96. The van der Waals surface area contributed by atoms with Crippen LogP contribution in [0.3, 0.4) is 0 Å². The molecule has 13 heavy (non-hydrogen) atoms. The van der Waals surface area contributed by atoms with Crippen LogP contribution in [0.2, 0.25) is 0 Å². The molecule has 0 aromatic carbocycles. The van der Waals surface area contributed by atoms with Crippen LogP contribution in [0, 0.1) is 17.3 Å². The fourth-order valence-electron chi connectivity index (χ4n) is 1.57. The Balaban J connectivity index is 3.17. The fraction of sp³-hybridized carbons (Fsp3) is 0.556. The molecule has 0 aromatic heterocycles. The molecule has 1 fully saturated rings. The molecular weight excluding hydrogens is 172 g/mol. The first-order valence-electron chi connectivity index (χ1n) is 3.96. The summed E-state index contributed by atoms with van der Waals surface area (Å²) in [6.45, 7) is 2.88. The van der Waals surface area contributed by atoms with Crippen molar-refractivity contribution in [1.29, 1.82) is 0 Å². The van der Waals surface area contributed by atoms with Crippen molar-refractivity contribution >= 4 is 24.1 Å². The molecule has 0 aromatic rings. The van der Waals surface area contributed by atoms with E-state index >= 15 is 0 Å². The molecular formula is C9H10O4. The Morgan fingerprint density at radius 2 is 1.31 bits per heavy atom. The van der Waals surface area contributed by atoms with Gasteiger partial charge in [0.2, 0.25) is 0 Å². The number of hydrogen-bond acceptors (Lipinski definition) is 4. The van der Waals surface area contributed by atoms with E-state index in [-0.39, 0.29) is 0 Å². The van der Waals surface area contributed by atoms with Crippen molar-refractivity contribution in [2.75, 3.05) is 0 Å². The molecule has 0 radical (unpaired) electrons. The molecule has 0 N–H and O–H groups in total. The minimum atomic E-state index is -1.18. The Kier molecular flexibility index (Phi) is 2.15. The van der Waals surface area contributed by atoms with Crippen molar-refractivity contribution < 1.29 is 19.2 Å². The third-order valence-electron chi connectivity index (χ3n) is 2.52. The van der Waals surface area contributed by atoms with Gasteiger partial charge in [0.05, 0.1) is 17.3 Å². The Labute approximate surface area is 75.3 Å². The first kappa shape index (κ1) is 9.77. The number of carbonyl (C=O) groups excluding carboxylic acids is 4. The minimum absolute atomic E-state index is 0.383. The monoisotopic (exact) mass is 182 g/mol. The van der Waals surface area contributed by atoms with Crippen LogP contribution in [0.15, 0.2) is 0 Å². The molecule has 4 nitrogen and oxygen atoms in total. The quantitative estimate of drug-likeness (QED) is 0.438. The highest BCUT2D eigenvalue weighted by Gasteiger charge is 2.54. The second kappa shape index (κ2) is 2.87. The van der Waals surface area contributed by atoms with Gasteiger partial charge in [0, 0.05) is 0 Å². The van der Waals surface area contributed by atoms with Gasteiger partial charge in [-0.1, -0.05) is 0 Å². The average Bonchev–Trinajstić information content (AvgIpc) is 2.26. The van der Waals surface area contributed by atoms with Gasteiger partial charge in [-0.25, -0.2) is 0 Å². The van der Waals surface area contributed by atoms with Crippen LogP contribution in [0.5, 0.6) is 0 Å². The molecule has 4 heteroatoms. The summed E-state index contributed by atoms with van der Waals surface area (Å²) in [5, 5.41) is 0. The number of carbonyl (C=O) groups is 4. The molecule has 0 amide bonds. The van der Waals surface area contributed by atoms with Crippen LogP contribution in [-0.2, 0) is 19.2 Å². The second-order valence-electron chi connectivity index (χ2n) is 3.68. The van der Waals surface area contributed by atoms with Crippen molar-refractivity contribution in [1.82, 2.24) is 0 Å². The minimum Gasteiger partial charge on any atom is -0.303 e. The summed E-state index contributed by atoms with van der Waals surface area (Å²) in [6, 6.07) is 0. The predicted octanol–water partition coefficient (Wildman–Crippen LogP) is -0.205. The number of Topliss-reactive ketones (excluding diaryl/α,β-unsaturated/α-hetero) is 2. The molecule has 1 rings (SSSR count). The summed E-state index contributed by atoms with van der Waals surface area (Å²) in [6.07, 6.45) is 0.766. The maximum atomic E-state index is 11.4. The van der Waals surface area contributed by atoms with Crippen LogP contribution in [0.25, 0.3) is 0 Å². The number of hydrogen-bond donors (Lipinski definition) is 0. The molecule has 1 aliphatic carbocycles. The van der Waals surface area contributed by atoms with Crippen LogP contribution < -0.4 is 0 Å². The van der Waals surface area contributed by atoms with Crippen molar-refractivity contribution in [3.8, 4) is 0 Å². The lowest BCUT2D eigenvalue weighted by atomic mass is 9.88. The normalized spacial score (nSPS) is 31.8. The highest BCUT2D eigenvalue weighted by molar-refractivity contribution is 6.23. The topological polar surface area (TPSA) is 68.3 Å². The molecule has 2 atom stereocenters. The lowest BCUT2D eigenvalue weighted by Crippen LogP contribution is -2.27. The van der Waals surface area contributed by atoms with E-state index in [2.05, 4.69) is 0 Å². The molecule has 0 heterocycles. The van der Waals surface area contributed by atoms with Crippen LogP contribution in [-0.4, -0.2) is 24.1 Å². The van der Waals surface area contributed by atoms with E-state index in [1.54, 1.807) is 0 Å². The molecule has 0 aliphatic heterocycles. The largest absolute Gasteiger partial charge is 0.303 e. The van der Waals surface area contributed by atoms with Crippen molar-refractivity contribution in [2.45, 2.75) is 13.8 Å². The molecule has 0 saturated heterocycles. The lowest BCUT2D eigenvalue weighted by molar-refractivity contribution is -0.134. The summed E-state index contributed by atoms with van der Waals surface area (Å²) in [7, 11) is 0. The molecule has 2 unspecified atom stereocenters. The van der Waals surface area contributed by atoms with Crippen LogP contribution in [0.4, 0.5) is 0 Å². The summed E-state index contributed by atoms with van der Waals surface area (Å²) >= 11 is 0. The van der Waals surface area contributed by atoms with Crippen LogP contribution >= 0.6 is 0 Å². The molecule has 70 valence electrons. The SMILES string of the molecule is CC1(C)C(=O)C(C=O)C(C=O)C1=O. The maximum absolute atomic E-state index is 11.4. The van der Waals surface area contributed by atoms with Gasteiger partial charge in [-0.05, 0) is 13.8 Å².